The van der Waals surface area contributed by atoms with Gasteiger partial charge >= 0.3 is 19.8 Å². The molecule has 0 heterocycles. The molecular weight excluding hydrogens is 751 g/mol. The minimum atomic E-state index is -5.07. The Bertz CT molecular complexity index is 992. The van der Waals surface area contributed by atoms with Crippen LogP contribution in [0.2, 0.25) is 0 Å². The molecule has 0 amide bonds. The van der Waals surface area contributed by atoms with Gasteiger partial charge in [-0.25, -0.2) is 4.57 Å². The lowest BCUT2D eigenvalue weighted by atomic mass is 10.0. The lowest BCUT2D eigenvalue weighted by Crippen LogP contribution is -2.42. The molecule has 0 aliphatic heterocycles. The summed E-state index contributed by atoms with van der Waals surface area (Å²) in [7, 11) is -5.07. The summed E-state index contributed by atoms with van der Waals surface area (Å²) < 4.78 is 41.5. The highest BCUT2D eigenvalue weighted by molar-refractivity contribution is 7.47. The van der Waals surface area contributed by atoms with Crippen LogP contribution in [0.4, 0.5) is 0 Å². The average molecular weight is 840 g/mol. The van der Waals surface area contributed by atoms with Crippen LogP contribution in [0, 0.1) is 0 Å². The number of aliphatic hydroxyl groups is 4. The molecule has 2 unspecified atom stereocenters. The third-order valence-electron chi connectivity index (χ3n) is 10.4. The van der Waals surface area contributed by atoms with Gasteiger partial charge in [0, 0.05) is 12.8 Å². The van der Waals surface area contributed by atoms with E-state index < -0.39 is 70.6 Å². The van der Waals surface area contributed by atoms with Crippen LogP contribution in [0.5, 0.6) is 0 Å². The fourth-order valence-corrected chi connectivity index (χ4v) is 7.68. The molecule has 0 rings (SSSR count). The van der Waals surface area contributed by atoms with Gasteiger partial charge in [-0.2, -0.15) is 0 Å². The molecule has 13 heteroatoms. The van der Waals surface area contributed by atoms with Gasteiger partial charge in [-0.15, -0.1) is 0 Å². The lowest BCUT2D eigenvalue weighted by Gasteiger charge is -2.26. The van der Waals surface area contributed by atoms with Gasteiger partial charge in [0.05, 0.1) is 21.2 Å². The first-order valence-electron chi connectivity index (χ1n) is 23.6. The van der Waals surface area contributed by atoms with Crippen molar-refractivity contribution in [1.29, 1.82) is 0 Å². The van der Waals surface area contributed by atoms with Gasteiger partial charge in [-0.1, -0.05) is 194 Å². The van der Waals surface area contributed by atoms with Crippen molar-refractivity contribution in [2.45, 2.75) is 244 Å². The standard InChI is InChI=1S/C44H87O12P/c1-3-5-7-9-11-13-15-17-19-21-23-25-27-29-31-33-42(48)53-37-39(38-54-57(51,52)56-41(36-46)44(50)40(47)35-45)55-43(49)34-32-30-28-26-24-22-20-18-16-14-12-10-8-6-4-2/h39-41,44-47,50H,3-38H2,1-2H3,(H,51,52)/t39-,40-,41-,44+/m1/s1/i37D/t37?,39-,40-,41-,44+. The van der Waals surface area contributed by atoms with E-state index in [0.717, 1.165) is 44.9 Å². The van der Waals surface area contributed by atoms with Crippen LogP contribution in [-0.2, 0) is 32.7 Å². The highest BCUT2D eigenvalue weighted by Gasteiger charge is 2.35. The quantitative estimate of drug-likeness (QED) is 0.0222. The molecule has 12 nitrogen and oxygen atoms in total. The number of unbranched alkanes of at least 4 members (excludes halogenated alkanes) is 28. The molecule has 57 heavy (non-hydrogen) atoms. The molecular formula is C44H87O12P. The van der Waals surface area contributed by atoms with Gasteiger partial charge in [0.2, 0.25) is 0 Å². The third-order valence-corrected chi connectivity index (χ3v) is 11.4. The second kappa shape index (κ2) is 40.3. The van der Waals surface area contributed by atoms with E-state index in [-0.39, 0.29) is 12.8 Å². The molecule has 6 atom stereocenters. The van der Waals surface area contributed by atoms with Crippen molar-refractivity contribution in [3.63, 3.8) is 0 Å². The van der Waals surface area contributed by atoms with Crippen LogP contribution >= 0.6 is 7.82 Å². The number of rotatable bonds is 44. The first-order chi connectivity index (χ1) is 28.0. The van der Waals surface area contributed by atoms with E-state index in [0.29, 0.717) is 12.8 Å². The van der Waals surface area contributed by atoms with Crippen LogP contribution in [0.3, 0.4) is 0 Å². The van der Waals surface area contributed by atoms with Gasteiger partial charge in [0.1, 0.15) is 24.9 Å². The van der Waals surface area contributed by atoms with Crippen molar-refractivity contribution >= 4 is 19.8 Å². The Balaban J connectivity index is 4.67. The predicted octanol–water partition coefficient (Wildman–Crippen LogP) is 10.2. The number of hydrogen-bond donors (Lipinski definition) is 5. The number of hydrogen-bond acceptors (Lipinski definition) is 11. The van der Waals surface area contributed by atoms with Crippen LogP contribution < -0.4 is 0 Å². The van der Waals surface area contributed by atoms with E-state index in [1.54, 1.807) is 0 Å². The normalized spacial score (nSPS) is 15.7. The summed E-state index contributed by atoms with van der Waals surface area (Å²) in [6.07, 6.45) is 28.4. The molecule has 0 saturated carbocycles. The largest absolute Gasteiger partial charge is 0.472 e. The lowest BCUT2D eigenvalue weighted by molar-refractivity contribution is -0.161. The summed E-state index contributed by atoms with van der Waals surface area (Å²) in [5.41, 5.74) is 0. The summed E-state index contributed by atoms with van der Waals surface area (Å²) in [5.74, 6) is -1.34. The van der Waals surface area contributed by atoms with Crippen LogP contribution in [0.15, 0.2) is 0 Å². The molecule has 0 aromatic heterocycles. The van der Waals surface area contributed by atoms with Crippen LogP contribution in [-0.4, -0.2) is 88.1 Å². The van der Waals surface area contributed by atoms with E-state index in [4.69, 9.17) is 25.0 Å². The molecule has 0 aromatic rings. The highest BCUT2D eigenvalue weighted by atomic mass is 31.2. The Hall–Kier alpha value is -1.11. The van der Waals surface area contributed by atoms with E-state index in [2.05, 4.69) is 13.8 Å². The molecule has 5 N–H and O–H groups in total. The molecule has 0 saturated heterocycles. The van der Waals surface area contributed by atoms with E-state index in [9.17, 15) is 34.4 Å². The Morgan fingerprint density at radius 3 is 1.26 bits per heavy atom. The summed E-state index contributed by atoms with van der Waals surface area (Å²) >= 11 is 0. The Kier molecular flexibility index (Phi) is 38.1. The summed E-state index contributed by atoms with van der Waals surface area (Å²) in [4.78, 5) is 35.6. The van der Waals surface area contributed by atoms with Crippen molar-refractivity contribution < 1.29 is 59.4 Å². The van der Waals surface area contributed by atoms with Gasteiger partial charge in [-0.3, -0.25) is 18.6 Å². The zero-order valence-corrected chi connectivity index (χ0v) is 37.1. The van der Waals surface area contributed by atoms with Gasteiger partial charge in [-0.05, 0) is 12.8 Å². The number of carbonyl (C=O) groups excluding carboxylic acids is 2. The topological polar surface area (TPSA) is 189 Å². The van der Waals surface area contributed by atoms with E-state index in [1.807, 2.05) is 0 Å². The summed E-state index contributed by atoms with van der Waals surface area (Å²) in [5, 5.41) is 38.2. The van der Waals surface area contributed by atoms with Gasteiger partial charge < -0.3 is 34.8 Å². The average Bonchev–Trinajstić information content (AvgIpc) is 3.20. The first kappa shape index (κ1) is 53.9. The van der Waals surface area contributed by atoms with Crippen molar-refractivity contribution in [3.05, 3.63) is 0 Å². The third kappa shape index (κ3) is 36.5. The zero-order chi connectivity index (χ0) is 43.1. The fraction of sp³-hybridized carbons (Fsp3) is 0.955. The second-order valence-electron chi connectivity index (χ2n) is 15.9. The maximum absolute atomic E-state index is 12.8. The van der Waals surface area contributed by atoms with Crippen LogP contribution in [0.25, 0.3) is 0 Å². The zero-order valence-electron chi connectivity index (χ0n) is 37.2. The second-order valence-corrected chi connectivity index (χ2v) is 17.3. The number of phosphoric acid groups is 1. The van der Waals surface area contributed by atoms with Crippen molar-refractivity contribution in [3.8, 4) is 0 Å². The van der Waals surface area contributed by atoms with Crippen molar-refractivity contribution in [2.24, 2.45) is 0 Å². The van der Waals surface area contributed by atoms with Crippen LogP contribution in [0.1, 0.15) is 221 Å². The summed E-state index contributed by atoms with van der Waals surface area (Å²) in [6.45, 7) is -0.0503. The monoisotopic (exact) mass is 840 g/mol. The minimum Gasteiger partial charge on any atom is -0.462 e. The maximum atomic E-state index is 12.8. The first-order valence-corrected chi connectivity index (χ1v) is 24.6. The van der Waals surface area contributed by atoms with Crippen molar-refractivity contribution in [2.75, 3.05) is 26.4 Å². The highest BCUT2D eigenvalue weighted by Crippen LogP contribution is 2.45. The summed E-state index contributed by atoms with van der Waals surface area (Å²) in [6, 6.07) is 0. The number of carbonyl (C=O) groups is 2. The SMILES string of the molecule is [2H]C(OC(=O)CCCCCCCCCCCCCCCCC)[C@H](COP(=O)(O)O[C@H](CO)[C@@H](O)[C@H](O)CO)OC(=O)CCCCCCCCCCCCCCCCC. The number of aliphatic hydroxyl groups excluding tert-OH is 4. The fourth-order valence-electron chi connectivity index (χ4n) is 6.75. The maximum Gasteiger partial charge on any atom is 0.472 e. The van der Waals surface area contributed by atoms with Gasteiger partial charge in [0.25, 0.3) is 0 Å². The van der Waals surface area contributed by atoms with E-state index in [1.165, 1.54) is 135 Å². The molecule has 0 fully saturated rings. The Morgan fingerprint density at radius 1 is 0.561 bits per heavy atom. The molecule has 0 aliphatic rings. The minimum absolute atomic E-state index is 0.0413. The Morgan fingerprint density at radius 2 is 0.912 bits per heavy atom. The molecule has 0 aliphatic carbocycles. The predicted molar refractivity (Wildman–Crippen MR) is 227 cm³/mol. The number of phosphoric ester groups is 1. The molecule has 0 bridgehead atoms. The van der Waals surface area contributed by atoms with E-state index >= 15 is 0 Å². The van der Waals surface area contributed by atoms with Crippen molar-refractivity contribution in [1.82, 2.24) is 0 Å². The van der Waals surface area contributed by atoms with Gasteiger partial charge in [0.15, 0.2) is 6.10 Å². The molecule has 0 spiro atoms. The molecule has 0 aromatic carbocycles. The number of esters is 2. The Labute approximate surface area is 348 Å². The smallest absolute Gasteiger partial charge is 0.462 e. The number of ether oxygens (including phenoxy) is 2. The molecule has 340 valence electrons. The molecule has 0 radical (unpaired) electrons.